The zero-order valence-electron chi connectivity index (χ0n) is 11.4. The van der Waals surface area contributed by atoms with Gasteiger partial charge >= 0.3 is 0 Å². The Kier molecular flexibility index (Phi) is 5.56. The molecule has 1 aromatic heterocycles. The van der Waals surface area contributed by atoms with Crippen LogP contribution in [0.5, 0.6) is 0 Å². The van der Waals surface area contributed by atoms with Gasteiger partial charge in [0.15, 0.2) is 0 Å². The van der Waals surface area contributed by atoms with E-state index >= 15 is 0 Å². The van der Waals surface area contributed by atoms with Crippen LogP contribution in [0.25, 0.3) is 0 Å². The zero-order chi connectivity index (χ0) is 12.9. The molecular weight excluding hydrogens is 232 g/mol. The average Bonchev–Trinajstić information content (AvgIpc) is 2.72. The monoisotopic (exact) mass is 256 g/mol. The number of aryl methyl sites for hydroxylation is 1. The van der Waals surface area contributed by atoms with Crippen molar-refractivity contribution in [1.82, 2.24) is 9.88 Å². The Labute approximate surface area is 108 Å². The molecule has 4 heteroatoms. The van der Waals surface area contributed by atoms with Crippen LogP contribution < -0.4 is 0 Å². The molecule has 0 aromatic carbocycles. The minimum absolute atomic E-state index is 0.534. The molecule has 0 saturated carbocycles. The zero-order valence-corrected chi connectivity index (χ0v) is 12.2. The summed E-state index contributed by atoms with van der Waals surface area (Å²) in [6.45, 7) is 7.86. The minimum atomic E-state index is -0.534. The number of likely N-dealkylation sites (N-methyl/N-ethyl adjacent to an activating group) is 1. The molecule has 0 radical (unpaired) electrons. The number of aromatic nitrogens is 1. The molecule has 1 heterocycles. The molecule has 0 atom stereocenters. The molecule has 0 spiro atoms. The summed E-state index contributed by atoms with van der Waals surface area (Å²) in [5.41, 5.74) is -0.534. The van der Waals surface area contributed by atoms with Crippen molar-refractivity contribution in [3.8, 4) is 0 Å². The summed E-state index contributed by atoms with van der Waals surface area (Å²) in [4.78, 5) is 7.82. The average molecular weight is 256 g/mol. The van der Waals surface area contributed by atoms with Crippen molar-refractivity contribution in [3.05, 3.63) is 16.1 Å². The van der Waals surface area contributed by atoms with Crippen LogP contribution in [0.2, 0.25) is 0 Å². The fourth-order valence-electron chi connectivity index (χ4n) is 1.86. The molecular formula is C13H24N2OS. The summed E-state index contributed by atoms with van der Waals surface area (Å²) in [5, 5.41) is 11.4. The lowest BCUT2D eigenvalue weighted by Crippen LogP contribution is -2.41. The van der Waals surface area contributed by atoms with Gasteiger partial charge in [-0.3, -0.25) is 0 Å². The van der Waals surface area contributed by atoms with E-state index in [0.29, 0.717) is 0 Å². The normalized spacial score (nSPS) is 12.4. The first-order valence-electron chi connectivity index (χ1n) is 6.31. The maximum absolute atomic E-state index is 10.2. The molecule has 0 bridgehead atoms. The van der Waals surface area contributed by atoms with Gasteiger partial charge < -0.3 is 10.0 Å². The van der Waals surface area contributed by atoms with Crippen molar-refractivity contribution in [2.75, 3.05) is 20.1 Å². The summed E-state index contributed by atoms with van der Waals surface area (Å²) >= 11 is 1.76. The van der Waals surface area contributed by atoms with Crippen molar-refractivity contribution < 1.29 is 5.11 Å². The van der Waals surface area contributed by atoms with Crippen LogP contribution in [0.1, 0.15) is 36.6 Å². The van der Waals surface area contributed by atoms with Gasteiger partial charge in [-0.05, 0) is 26.8 Å². The molecule has 1 rings (SSSR count). The summed E-state index contributed by atoms with van der Waals surface area (Å²) in [6.07, 6.45) is 4.52. The van der Waals surface area contributed by atoms with Crippen molar-refractivity contribution in [1.29, 1.82) is 0 Å². The third-order valence-electron chi connectivity index (χ3n) is 3.26. The smallest absolute Gasteiger partial charge is 0.0940 e. The van der Waals surface area contributed by atoms with Gasteiger partial charge in [0.25, 0.3) is 0 Å². The second-order valence-corrected chi connectivity index (χ2v) is 6.10. The third-order valence-corrected chi connectivity index (χ3v) is 4.23. The Balaban J connectivity index is 2.37. The van der Waals surface area contributed by atoms with E-state index in [1.54, 1.807) is 11.3 Å². The molecule has 3 nitrogen and oxygen atoms in total. The summed E-state index contributed by atoms with van der Waals surface area (Å²) in [5.74, 6) is 0. The molecule has 1 aromatic rings. The number of thiazole rings is 1. The Morgan fingerprint density at radius 3 is 2.53 bits per heavy atom. The summed E-state index contributed by atoms with van der Waals surface area (Å²) < 4.78 is 0. The number of aliphatic hydroxyl groups is 1. The van der Waals surface area contributed by atoms with Crippen LogP contribution in [0.15, 0.2) is 6.20 Å². The lowest BCUT2D eigenvalue weighted by Gasteiger charge is -2.30. The predicted octanol–water partition coefficient (Wildman–Crippen LogP) is 2.48. The molecule has 0 amide bonds. The van der Waals surface area contributed by atoms with Crippen molar-refractivity contribution in [2.45, 2.75) is 45.6 Å². The molecule has 0 aliphatic carbocycles. The first-order chi connectivity index (χ1) is 7.99. The van der Waals surface area contributed by atoms with Gasteiger partial charge in [-0.15, -0.1) is 11.3 Å². The van der Waals surface area contributed by atoms with Crippen LogP contribution in [0, 0.1) is 6.92 Å². The molecule has 0 fully saturated rings. The van der Waals surface area contributed by atoms with Crippen LogP contribution in [0.4, 0.5) is 0 Å². The Hall–Kier alpha value is -0.450. The Bertz CT molecular complexity index is 334. The van der Waals surface area contributed by atoms with Gasteiger partial charge in [0.2, 0.25) is 0 Å². The first-order valence-corrected chi connectivity index (χ1v) is 7.13. The van der Waals surface area contributed by atoms with Gasteiger partial charge in [0, 0.05) is 30.6 Å². The van der Waals surface area contributed by atoms with E-state index in [0.717, 1.165) is 32.4 Å². The molecule has 0 aliphatic rings. The second-order valence-electron chi connectivity index (χ2n) is 4.78. The summed E-state index contributed by atoms with van der Waals surface area (Å²) in [6, 6.07) is 0. The Morgan fingerprint density at radius 1 is 1.41 bits per heavy atom. The first kappa shape index (κ1) is 14.6. The van der Waals surface area contributed by atoms with Crippen molar-refractivity contribution >= 4 is 11.3 Å². The van der Waals surface area contributed by atoms with E-state index in [9.17, 15) is 5.11 Å². The van der Waals surface area contributed by atoms with Gasteiger partial charge in [-0.2, -0.15) is 0 Å². The van der Waals surface area contributed by atoms with E-state index in [2.05, 4.69) is 23.9 Å². The highest BCUT2D eigenvalue weighted by Gasteiger charge is 2.23. The number of hydrogen-bond acceptors (Lipinski definition) is 4. The van der Waals surface area contributed by atoms with E-state index in [1.807, 2.05) is 20.0 Å². The summed E-state index contributed by atoms with van der Waals surface area (Å²) in [7, 11) is 2.07. The van der Waals surface area contributed by atoms with E-state index < -0.39 is 5.60 Å². The largest absolute Gasteiger partial charge is 0.389 e. The van der Waals surface area contributed by atoms with Crippen molar-refractivity contribution in [3.63, 3.8) is 0 Å². The fourth-order valence-corrected chi connectivity index (χ4v) is 2.63. The molecule has 98 valence electrons. The maximum Gasteiger partial charge on any atom is 0.0940 e. The van der Waals surface area contributed by atoms with Crippen LogP contribution in [-0.2, 0) is 6.42 Å². The molecule has 0 unspecified atom stereocenters. The SMILES string of the molecule is CCC(O)(CC)CN(C)CCc1ncc(C)s1. The third kappa shape index (κ3) is 4.74. The van der Waals surface area contributed by atoms with Gasteiger partial charge in [-0.25, -0.2) is 4.98 Å². The maximum atomic E-state index is 10.2. The molecule has 1 N–H and O–H groups in total. The van der Waals surface area contributed by atoms with Crippen LogP contribution in [-0.4, -0.2) is 40.7 Å². The standard InChI is InChI=1S/C13H24N2OS/c1-5-13(16,6-2)10-15(4)8-7-12-14-9-11(3)17-12/h9,16H,5-8,10H2,1-4H3. The van der Waals surface area contributed by atoms with Crippen LogP contribution in [0.3, 0.4) is 0 Å². The van der Waals surface area contributed by atoms with E-state index in [4.69, 9.17) is 0 Å². The van der Waals surface area contributed by atoms with Gasteiger partial charge in [-0.1, -0.05) is 13.8 Å². The molecule has 17 heavy (non-hydrogen) atoms. The highest BCUT2D eigenvalue weighted by atomic mass is 32.1. The quantitative estimate of drug-likeness (QED) is 0.814. The van der Waals surface area contributed by atoms with Crippen molar-refractivity contribution in [2.24, 2.45) is 0 Å². The number of hydrogen-bond donors (Lipinski definition) is 1. The molecule has 0 saturated heterocycles. The van der Waals surface area contributed by atoms with Crippen LogP contribution >= 0.6 is 11.3 Å². The highest BCUT2D eigenvalue weighted by molar-refractivity contribution is 7.11. The van der Waals surface area contributed by atoms with E-state index in [-0.39, 0.29) is 0 Å². The van der Waals surface area contributed by atoms with Gasteiger partial charge in [0.1, 0.15) is 0 Å². The highest BCUT2D eigenvalue weighted by Crippen LogP contribution is 2.16. The fraction of sp³-hybridized carbons (Fsp3) is 0.769. The minimum Gasteiger partial charge on any atom is -0.389 e. The second kappa shape index (κ2) is 6.47. The predicted molar refractivity (Wildman–Crippen MR) is 73.6 cm³/mol. The number of rotatable bonds is 7. The molecule has 0 aliphatic heterocycles. The topological polar surface area (TPSA) is 36.4 Å². The lowest BCUT2D eigenvalue weighted by molar-refractivity contribution is 0.00335. The van der Waals surface area contributed by atoms with Gasteiger partial charge in [0.05, 0.1) is 10.6 Å². The number of nitrogens with zero attached hydrogens (tertiary/aromatic N) is 2. The van der Waals surface area contributed by atoms with E-state index in [1.165, 1.54) is 9.88 Å². The lowest BCUT2D eigenvalue weighted by atomic mass is 9.97. The Morgan fingerprint density at radius 2 is 2.06 bits per heavy atom.